The minimum Gasteiger partial charge on any atom is -0.458 e. The van der Waals surface area contributed by atoms with E-state index >= 15 is 0 Å². The first-order valence-electron chi connectivity index (χ1n) is 53.4. The lowest BCUT2D eigenvalue weighted by Crippen LogP contribution is -2.29. The molecule has 0 aliphatic heterocycles. The normalized spacial score (nSPS) is 15.0. The van der Waals surface area contributed by atoms with Crippen molar-refractivity contribution < 1.29 is 76.3 Å². The Labute approximate surface area is 859 Å². The van der Waals surface area contributed by atoms with E-state index in [-0.39, 0.29) is 132 Å². The maximum atomic E-state index is 12.4. The van der Waals surface area contributed by atoms with Crippen LogP contribution in [0, 0.1) is 82.9 Å². The second-order valence-electron chi connectivity index (χ2n) is 41.8. The highest BCUT2D eigenvalue weighted by Gasteiger charge is 2.38. The predicted octanol–water partition coefficient (Wildman–Crippen LogP) is 34.0. The Morgan fingerprint density at radius 3 is 0.810 bits per heavy atom. The van der Waals surface area contributed by atoms with Gasteiger partial charge in [0.15, 0.2) is 0 Å². The number of hydrogen-bond donors (Lipinski definition) is 0. The Balaban J connectivity index is 0.000000418. The monoisotopic (exact) mass is 1950 g/mol. The van der Waals surface area contributed by atoms with Gasteiger partial charge in [-0.25, -0.2) is 0 Å². The molecule has 16 heteroatoms. The van der Waals surface area contributed by atoms with Crippen molar-refractivity contribution in [1.82, 2.24) is 0 Å². The Hall–Kier alpha value is -10.5. The molecule has 0 spiro atoms. The lowest BCUT2D eigenvalue weighted by atomic mass is 9.89. The topological polar surface area (TPSA) is 210 Å². The molecule has 784 valence electrons. The van der Waals surface area contributed by atoms with Gasteiger partial charge >= 0.3 is 47.8 Å². The van der Waals surface area contributed by atoms with Gasteiger partial charge in [0.1, 0.15) is 48.8 Å². The molecule has 0 saturated heterocycles. The minimum atomic E-state index is -0.415. The second kappa shape index (κ2) is 66.5. The average molecular weight is 1950 g/mol. The van der Waals surface area contributed by atoms with Crippen LogP contribution in [0.5, 0.6) is 0 Å². The second-order valence-corrected chi connectivity index (χ2v) is 41.8. The van der Waals surface area contributed by atoms with Gasteiger partial charge in [-0.3, -0.25) is 38.4 Å². The number of aryl methyl sites for hydroxylation is 2. The van der Waals surface area contributed by atoms with Crippen LogP contribution >= 0.6 is 0 Å². The maximum absolute atomic E-state index is 12.4. The Bertz CT molecular complexity index is 4820. The molecule has 12 unspecified atom stereocenters. The summed E-state index contributed by atoms with van der Waals surface area (Å²) >= 11 is 0. The molecule has 8 aromatic rings. The van der Waals surface area contributed by atoms with E-state index in [0.717, 1.165) is 133 Å². The van der Waals surface area contributed by atoms with Crippen LogP contribution in [0.4, 0.5) is 0 Å². The summed E-state index contributed by atoms with van der Waals surface area (Å²) in [5, 5.41) is 0. The molecule has 0 radical (unpaired) electrons. The van der Waals surface area contributed by atoms with Gasteiger partial charge in [-0.1, -0.05) is 394 Å². The molecule has 0 amide bonds. The summed E-state index contributed by atoms with van der Waals surface area (Å²) in [5.74, 6) is 0.679. The van der Waals surface area contributed by atoms with Crippen LogP contribution in [0.2, 0.25) is 0 Å². The van der Waals surface area contributed by atoms with Gasteiger partial charge in [-0.15, -0.1) is 0 Å². The summed E-state index contributed by atoms with van der Waals surface area (Å²) in [5.41, 5.74) is 9.44. The zero-order chi connectivity index (χ0) is 106. The number of esters is 8. The standard InChI is InChI=1S/C18H26O2.C17H24O2.2C16H24O2.3C15H22O2.C14H20O2/c1-4-18(2,3)17(19)20-16(15-12-8-9-13-15)14-10-6-5-7-11-14;1-3-13(2)17(18)19-16(15-11-7-8-12-15)14-9-5-4-6-10-14;1-6-16(4,5)15(17)18-14(12(2)3)13-10-8-7-9-11-13;1-5-10-14(13-11-8-7-9-12-13)18-15(17)16(3,4)6-2;1-6-15(4,5)14(16)17-12(3)13-10-8-7-9-11(13)2;1-5-12(4)15(16)17-14(11(2)3)13-9-7-6-8-10-13;1-4-9-14(13-10-7-6-8-11-13)17-15(16)12(3)5-2;1-5-10(2)14(15)16-12(4)13-9-7-6-8-11(13)3/h5-7,10-11,15-16H,4,8-9,12-13H2,1-3H3;4-6,9-10,13,15-16H,3,7-8,11-12H2,1-2H3;7-12,14H,6H2,1-5H3;7-9,11-12,14H,5-6,10H2,1-4H3;7-10,12H,6H2,1-5H3;6-12,14H,5H2,1-4H3;6-8,10-12,14H,4-5,9H2,1-3H3;6-10,12H,5H2,1-4H3. The highest BCUT2D eigenvalue weighted by atomic mass is 16.6. The summed E-state index contributed by atoms with van der Waals surface area (Å²) in [6.07, 6.45) is 18.9. The third-order valence-electron chi connectivity index (χ3n) is 27.9. The maximum Gasteiger partial charge on any atom is 0.312 e. The fraction of sp³-hybridized carbons (Fsp3) is 0.556. The number of ether oxygens (including phenoxy) is 8. The van der Waals surface area contributed by atoms with Crippen LogP contribution in [0.3, 0.4) is 0 Å². The molecule has 2 fully saturated rings. The quantitative estimate of drug-likeness (QED) is 0.0258. The van der Waals surface area contributed by atoms with E-state index in [0.29, 0.717) is 11.8 Å². The Kier molecular flexibility index (Phi) is 58.8. The van der Waals surface area contributed by atoms with E-state index in [2.05, 4.69) is 65.8 Å². The van der Waals surface area contributed by atoms with Gasteiger partial charge in [0.25, 0.3) is 0 Å². The molecule has 0 N–H and O–H groups in total. The third kappa shape index (κ3) is 44.4. The molecule has 2 aliphatic rings. The van der Waals surface area contributed by atoms with E-state index in [4.69, 9.17) is 37.9 Å². The highest BCUT2D eigenvalue weighted by molar-refractivity contribution is 5.78. The number of carbonyl (C=O) groups excluding carboxylic acids is 8. The summed E-state index contributed by atoms with van der Waals surface area (Å²) in [6.45, 7) is 59.6. The molecule has 0 bridgehead atoms. The van der Waals surface area contributed by atoms with Crippen molar-refractivity contribution in [3.63, 3.8) is 0 Å². The molecule has 0 heterocycles. The van der Waals surface area contributed by atoms with Gasteiger partial charge in [-0.05, 0) is 240 Å². The molecule has 8 aromatic carbocycles. The first kappa shape index (κ1) is 126. The molecule has 0 aromatic heterocycles. The number of hydrogen-bond acceptors (Lipinski definition) is 16. The summed E-state index contributed by atoms with van der Waals surface area (Å²) in [4.78, 5) is 96.1. The molecule has 2 saturated carbocycles. The fourth-order valence-electron chi connectivity index (χ4n) is 15.2. The summed E-state index contributed by atoms with van der Waals surface area (Å²) in [7, 11) is 0. The smallest absolute Gasteiger partial charge is 0.312 e. The minimum absolute atomic E-state index is 0.00684. The highest BCUT2D eigenvalue weighted by Crippen LogP contribution is 2.43. The van der Waals surface area contributed by atoms with Crippen molar-refractivity contribution in [3.8, 4) is 0 Å². The van der Waals surface area contributed by atoms with E-state index < -0.39 is 21.7 Å². The number of benzene rings is 8. The zero-order valence-electron chi connectivity index (χ0n) is 92.9. The van der Waals surface area contributed by atoms with Gasteiger partial charge in [-0.2, -0.15) is 0 Å². The molecule has 16 nitrogen and oxygen atoms in total. The van der Waals surface area contributed by atoms with Gasteiger partial charge in [0.2, 0.25) is 0 Å². The van der Waals surface area contributed by atoms with Crippen LogP contribution in [0.1, 0.15) is 427 Å². The van der Waals surface area contributed by atoms with Crippen LogP contribution in [0.25, 0.3) is 0 Å². The third-order valence-corrected chi connectivity index (χ3v) is 27.9. The fourth-order valence-corrected chi connectivity index (χ4v) is 15.2. The van der Waals surface area contributed by atoms with Gasteiger partial charge in [0, 0.05) is 11.8 Å². The van der Waals surface area contributed by atoms with Crippen molar-refractivity contribution in [3.05, 3.63) is 286 Å². The predicted molar refractivity (Wildman–Crippen MR) is 581 cm³/mol. The van der Waals surface area contributed by atoms with Crippen LogP contribution in [-0.2, 0) is 76.3 Å². The van der Waals surface area contributed by atoms with E-state index in [9.17, 15) is 38.4 Å². The number of rotatable bonds is 40. The van der Waals surface area contributed by atoms with Crippen LogP contribution in [0.15, 0.2) is 231 Å². The molecule has 10 rings (SSSR count). The van der Waals surface area contributed by atoms with Gasteiger partial charge < -0.3 is 37.9 Å². The first-order valence-corrected chi connectivity index (χ1v) is 53.4. The lowest BCUT2D eigenvalue weighted by Gasteiger charge is -2.29. The van der Waals surface area contributed by atoms with Crippen molar-refractivity contribution in [2.75, 3.05) is 0 Å². The van der Waals surface area contributed by atoms with Crippen molar-refractivity contribution in [2.45, 2.75) is 385 Å². The van der Waals surface area contributed by atoms with Gasteiger partial charge in [0.05, 0.1) is 45.3 Å². The molecular weight excluding hydrogens is 1770 g/mol. The van der Waals surface area contributed by atoms with Crippen molar-refractivity contribution >= 4 is 47.8 Å². The van der Waals surface area contributed by atoms with Crippen molar-refractivity contribution in [1.29, 1.82) is 0 Å². The molecule has 142 heavy (non-hydrogen) atoms. The SMILES string of the molecule is CCC(C)(C)C(=O)OC(C)c1ccccc1C.CCC(C)(C)C(=O)OC(c1ccccc1)C(C)C.CCC(C)(C)C(=O)OC(c1ccccc1)C1CCCC1.CCC(C)C(=O)OC(C)c1ccccc1C.CCC(C)C(=O)OC(c1ccccc1)C(C)C.CCC(C)C(=O)OC(c1ccccc1)C1CCCC1.CCCC(OC(=O)C(C)(C)CC)c1ccccc1.CCCC(OC(=O)C(C)CC)c1ccccc1. The average Bonchev–Trinajstić information content (AvgIpc) is 1.60. The first-order chi connectivity index (χ1) is 67.3. The van der Waals surface area contributed by atoms with E-state index in [1.54, 1.807) is 0 Å². The largest absolute Gasteiger partial charge is 0.458 e. The summed E-state index contributed by atoms with van der Waals surface area (Å²) < 4.78 is 45.3. The van der Waals surface area contributed by atoms with Crippen LogP contribution in [-0.4, -0.2) is 47.8 Å². The summed E-state index contributed by atoms with van der Waals surface area (Å²) in [6, 6.07) is 76.2. The Morgan fingerprint density at radius 1 is 0.268 bits per heavy atom. The van der Waals surface area contributed by atoms with E-state index in [1.807, 2.05) is 372 Å². The number of carbonyl (C=O) groups is 8. The lowest BCUT2D eigenvalue weighted by molar-refractivity contribution is -0.163. The molecule has 2 aliphatic carbocycles. The Morgan fingerprint density at radius 2 is 0.507 bits per heavy atom. The zero-order valence-corrected chi connectivity index (χ0v) is 92.9. The molecular formula is C126H184O16. The van der Waals surface area contributed by atoms with Crippen LogP contribution < -0.4 is 0 Å². The molecule has 12 atom stereocenters. The van der Waals surface area contributed by atoms with Crippen molar-refractivity contribution in [2.24, 2.45) is 69.0 Å². The van der Waals surface area contributed by atoms with E-state index in [1.165, 1.54) is 51.4 Å².